The first-order valence-corrected chi connectivity index (χ1v) is 19.6. The highest BCUT2D eigenvalue weighted by Crippen LogP contribution is 2.50. The van der Waals surface area contributed by atoms with E-state index in [4.69, 9.17) is 19.9 Å². The van der Waals surface area contributed by atoms with E-state index in [0.29, 0.717) is 51.5 Å². The number of allylic oxidation sites excluding steroid dienone is 3. The summed E-state index contributed by atoms with van der Waals surface area (Å²) in [6.07, 6.45) is 3.43. The summed E-state index contributed by atoms with van der Waals surface area (Å²) in [5.41, 5.74) is 7.26. The number of rotatable bonds is 5. The number of fused-ring (bicyclic) bond motifs is 6. The van der Waals surface area contributed by atoms with Crippen LogP contribution in [0.25, 0.3) is 55.2 Å². The number of aromatic nitrogens is 6. The number of benzene rings is 7. The summed E-state index contributed by atoms with van der Waals surface area (Å²) in [6, 6.07) is 55.2. The quantitative estimate of drug-likeness (QED) is 0.126. The Bertz CT molecular complexity index is 3270. The third-order valence-corrected chi connectivity index (χ3v) is 11.2. The molecule has 1 aliphatic heterocycles. The predicted molar refractivity (Wildman–Crippen MR) is 235 cm³/mol. The number of carbonyl (C=O) groups excluding carboxylic acids is 2. The molecule has 0 saturated heterocycles. The normalized spacial score (nSPS) is 13.6. The summed E-state index contributed by atoms with van der Waals surface area (Å²) in [5, 5.41) is 1.79. The van der Waals surface area contributed by atoms with Gasteiger partial charge >= 0.3 is 0 Å². The van der Waals surface area contributed by atoms with Gasteiger partial charge in [0.1, 0.15) is 5.82 Å². The van der Waals surface area contributed by atoms with Crippen molar-refractivity contribution in [3.8, 4) is 11.4 Å². The monoisotopic (exact) mass is 774 g/mol. The van der Waals surface area contributed by atoms with Gasteiger partial charge in [-0.2, -0.15) is 0 Å². The fraction of sp³-hybridized carbons (Fsp3) is 0. The van der Waals surface area contributed by atoms with E-state index >= 15 is 0 Å². The molecule has 0 N–H and O–H groups in total. The molecule has 7 aromatic carbocycles. The molecule has 3 aromatic heterocycles. The SMILES string of the molecule is O=C1C(=CC=C2N(c3nc4ccccc4n3-c3ccccc3)c3nc4ccccc4nc3N2c2nc3ccccc3n2-c2ccccc2)C(=O)c2cc3ccccc3cc21. The molecular weight excluding hydrogens is 745 g/mol. The van der Waals surface area contributed by atoms with Crippen molar-refractivity contribution in [3.05, 3.63) is 205 Å². The van der Waals surface area contributed by atoms with Gasteiger partial charge in [-0.3, -0.25) is 18.7 Å². The molecule has 0 radical (unpaired) electrons. The summed E-state index contributed by atoms with van der Waals surface area (Å²) in [5.74, 6) is 1.90. The molecule has 4 heterocycles. The third-order valence-electron chi connectivity index (χ3n) is 11.2. The van der Waals surface area contributed by atoms with Gasteiger partial charge in [0.05, 0.1) is 38.7 Å². The Labute approximate surface area is 342 Å². The topological polar surface area (TPSA) is 102 Å². The zero-order valence-electron chi connectivity index (χ0n) is 31.7. The summed E-state index contributed by atoms with van der Waals surface area (Å²) >= 11 is 0. The first kappa shape index (κ1) is 33.6. The van der Waals surface area contributed by atoms with Crippen molar-refractivity contribution in [1.29, 1.82) is 0 Å². The lowest BCUT2D eigenvalue weighted by Gasteiger charge is -2.24. The number of para-hydroxylation sites is 8. The lowest BCUT2D eigenvalue weighted by molar-refractivity contribution is 0.0988. The Morgan fingerprint density at radius 3 is 1.27 bits per heavy atom. The van der Waals surface area contributed by atoms with Gasteiger partial charge in [-0.25, -0.2) is 29.7 Å². The predicted octanol–water partition coefficient (Wildman–Crippen LogP) is 10.6. The second-order valence-electron chi connectivity index (χ2n) is 14.7. The molecule has 0 spiro atoms. The molecule has 10 heteroatoms. The standard InChI is InChI=1S/C50H30N8O2/c59-45-35(46(60)37-30-32-16-8-7-15-31(32)29-36(37)45)27-28-44-57(49-53-40-23-11-13-25-42(40)55(49)33-17-3-1-4-18-33)47-48(52-39-22-10-9-21-38(39)51-47)58(44)50-54-41-24-12-14-26-43(41)56(50)34-19-5-2-6-20-34/h1-30H. The van der Waals surface area contributed by atoms with Crippen molar-refractivity contribution < 1.29 is 9.59 Å². The highest BCUT2D eigenvalue weighted by molar-refractivity contribution is 6.40. The zero-order chi connectivity index (χ0) is 39.9. The van der Waals surface area contributed by atoms with E-state index in [2.05, 4.69) is 9.13 Å². The Hall–Kier alpha value is -8.50. The minimum absolute atomic E-state index is 0.0582. The zero-order valence-corrected chi connectivity index (χ0v) is 31.7. The summed E-state index contributed by atoms with van der Waals surface area (Å²) in [7, 11) is 0. The Morgan fingerprint density at radius 1 is 0.400 bits per heavy atom. The van der Waals surface area contributed by atoms with Crippen LogP contribution in [0.1, 0.15) is 20.7 Å². The van der Waals surface area contributed by atoms with Gasteiger partial charge in [0, 0.05) is 22.5 Å². The van der Waals surface area contributed by atoms with E-state index in [1.165, 1.54) is 0 Å². The van der Waals surface area contributed by atoms with E-state index in [-0.39, 0.29) is 17.1 Å². The second kappa shape index (κ2) is 13.0. The van der Waals surface area contributed by atoms with Crippen LogP contribution in [0.5, 0.6) is 0 Å². The summed E-state index contributed by atoms with van der Waals surface area (Å²) in [4.78, 5) is 53.6. The van der Waals surface area contributed by atoms with E-state index < -0.39 is 0 Å². The van der Waals surface area contributed by atoms with Crippen molar-refractivity contribution in [1.82, 2.24) is 29.1 Å². The van der Waals surface area contributed by atoms with Crippen LogP contribution < -0.4 is 9.80 Å². The minimum Gasteiger partial charge on any atom is -0.288 e. The second-order valence-corrected chi connectivity index (χ2v) is 14.7. The molecule has 0 atom stereocenters. The van der Waals surface area contributed by atoms with E-state index in [9.17, 15) is 9.59 Å². The molecule has 0 saturated carbocycles. The Balaban J connectivity index is 1.17. The van der Waals surface area contributed by atoms with Crippen LogP contribution in [0, 0.1) is 0 Å². The Morgan fingerprint density at radius 2 is 0.800 bits per heavy atom. The van der Waals surface area contributed by atoms with Gasteiger partial charge in [-0.15, -0.1) is 0 Å². The fourth-order valence-electron chi connectivity index (χ4n) is 8.45. The first-order chi connectivity index (χ1) is 29.6. The van der Waals surface area contributed by atoms with Gasteiger partial charge < -0.3 is 0 Å². The molecular formula is C50H30N8O2. The van der Waals surface area contributed by atoms with Crippen molar-refractivity contribution in [3.63, 3.8) is 0 Å². The van der Waals surface area contributed by atoms with Gasteiger partial charge in [0.2, 0.25) is 11.9 Å². The number of ketones is 2. The van der Waals surface area contributed by atoms with Gasteiger partial charge in [-0.1, -0.05) is 97.1 Å². The van der Waals surface area contributed by atoms with Crippen LogP contribution in [-0.4, -0.2) is 40.6 Å². The summed E-state index contributed by atoms with van der Waals surface area (Å²) < 4.78 is 4.18. The van der Waals surface area contributed by atoms with Crippen LogP contribution in [0.15, 0.2) is 193 Å². The lowest BCUT2D eigenvalue weighted by atomic mass is 10.0. The van der Waals surface area contributed by atoms with Crippen molar-refractivity contribution in [2.24, 2.45) is 0 Å². The number of Topliss-reactive ketones (excluding diaryl/α,β-unsaturated/α-hetero) is 2. The van der Waals surface area contributed by atoms with Crippen LogP contribution in [0.3, 0.4) is 0 Å². The molecule has 0 amide bonds. The largest absolute Gasteiger partial charge is 0.288 e. The molecule has 1 aliphatic carbocycles. The Kier molecular flexibility index (Phi) is 7.29. The highest BCUT2D eigenvalue weighted by atomic mass is 16.2. The maximum Gasteiger partial charge on any atom is 0.223 e. The van der Waals surface area contributed by atoms with Crippen molar-refractivity contribution in [2.45, 2.75) is 0 Å². The van der Waals surface area contributed by atoms with Crippen LogP contribution >= 0.6 is 0 Å². The van der Waals surface area contributed by atoms with E-state index in [0.717, 1.165) is 44.2 Å². The van der Waals surface area contributed by atoms with E-state index in [1.807, 2.05) is 180 Å². The minimum atomic E-state index is -0.332. The number of imidazole rings is 2. The lowest BCUT2D eigenvalue weighted by Crippen LogP contribution is -2.26. The van der Waals surface area contributed by atoms with Crippen LogP contribution in [0.4, 0.5) is 23.5 Å². The van der Waals surface area contributed by atoms with E-state index in [1.54, 1.807) is 12.2 Å². The van der Waals surface area contributed by atoms with Crippen LogP contribution in [-0.2, 0) is 0 Å². The van der Waals surface area contributed by atoms with Gasteiger partial charge in [0.25, 0.3) is 0 Å². The molecule has 10 aromatic rings. The molecule has 0 unspecified atom stereocenters. The average molecular weight is 775 g/mol. The maximum absolute atomic E-state index is 14.2. The van der Waals surface area contributed by atoms with Gasteiger partial charge in [-0.05, 0) is 95.7 Å². The number of hydrogen-bond acceptors (Lipinski definition) is 8. The number of hydrogen-bond donors (Lipinski definition) is 0. The fourth-order valence-corrected chi connectivity index (χ4v) is 8.45. The maximum atomic E-state index is 14.2. The molecule has 60 heavy (non-hydrogen) atoms. The third kappa shape index (κ3) is 5.01. The molecule has 10 nitrogen and oxygen atoms in total. The number of anilines is 4. The number of carbonyl (C=O) groups is 2. The average Bonchev–Trinajstić information content (AvgIpc) is 4.02. The van der Waals surface area contributed by atoms with Crippen LogP contribution in [0.2, 0.25) is 0 Å². The molecule has 282 valence electrons. The van der Waals surface area contributed by atoms with Crippen molar-refractivity contribution >= 4 is 79.0 Å². The first-order valence-electron chi connectivity index (χ1n) is 19.6. The highest BCUT2D eigenvalue weighted by Gasteiger charge is 2.42. The molecule has 0 bridgehead atoms. The van der Waals surface area contributed by atoms with Gasteiger partial charge in [0.15, 0.2) is 23.2 Å². The molecule has 2 aliphatic rings. The number of nitrogens with zero attached hydrogens (tertiary/aromatic N) is 8. The van der Waals surface area contributed by atoms with Crippen molar-refractivity contribution in [2.75, 3.05) is 9.80 Å². The molecule has 0 fully saturated rings. The smallest absolute Gasteiger partial charge is 0.223 e. The molecule has 12 rings (SSSR count). The summed E-state index contributed by atoms with van der Waals surface area (Å²) in [6.45, 7) is 0.